The molecule has 0 aliphatic rings. The molecule has 0 aliphatic heterocycles. The summed E-state index contributed by atoms with van der Waals surface area (Å²) in [6, 6.07) is 0. The molecule has 1 heterocycles. The van der Waals surface area contributed by atoms with Gasteiger partial charge in [-0.1, -0.05) is 20.8 Å². The number of methoxy groups -OCH3 is 1. The van der Waals surface area contributed by atoms with Gasteiger partial charge < -0.3 is 14.8 Å². The fourth-order valence-electron chi connectivity index (χ4n) is 2.22. The van der Waals surface area contributed by atoms with E-state index in [9.17, 15) is 0 Å². The van der Waals surface area contributed by atoms with Crippen molar-refractivity contribution in [2.45, 2.75) is 45.6 Å². The second-order valence-corrected chi connectivity index (χ2v) is 6.42. The largest absolute Gasteiger partial charge is 0.382 e. The lowest BCUT2D eigenvalue weighted by Crippen LogP contribution is -2.20. The Kier molecular flexibility index (Phi) is 7.93. The minimum atomic E-state index is 0.0907. The summed E-state index contributed by atoms with van der Waals surface area (Å²) in [7, 11) is 3.67. The van der Waals surface area contributed by atoms with E-state index in [-0.39, 0.29) is 5.41 Å². The molecule has 1 N–H and O–H groups in total. The summed E-state index contributed by atoms with van der Waals surface area (Å²) in [5, 5.41) is 8.08. The van der Waals surface area contributed by atoms with Gasteiger partial charge in [0.05, 0.1) is 18.9 Å². The van der Waals surface area contributed by atoms with Crippen LogP contribution in [0.5, 0.6) is 0 Å². The van der Waals surface area contributed by atoms with E-state index in [2.05, 4.69) is 37.4 Å². The standard InChI is InChI=1S/C16H31N3O2/c1-16(2,3)15-14(13-19(4)18-15)12-17-8-6-7-9-21-11-10-20-5/h13,17H,6-12H2,1-5H3. The Morgan fingerprint density at radius 1 is 1.19 bits per heavy atom. The van der Waals surface area contributed by atoms with Gasteiger partial charge in [-0.05, 0) is 19.4 Å². The van der Waals surface area contributed by atoms with E-state index in [0.717, 1.165) is 32.5 Å². The van der Waals surface area contributed by atoms with Gasteiger partial charge in [0.2, 0.25) is 0 Å². The van der Waals surface area contributed by atoms with Crippen LogP contribution in [0.25, 0.3) is 0 Å². The normalized spacial score (nSPS) is 12.0. The van der Waals surface area contributed by atoms with E-state index in [1.807, 2.05) is 11.7 Å². The molecule has 1 rings (SSSR count). The maximum Gasteiger partial charge on any atom is 0.0722 e. The predicted octanol–water partition coefficient (Wildman–Crippen LogP) is 2.25. The lowest BCUT2D eigenvalue weighted by Gasteiger charge is -2.17. The highest BCUT2D eigenvalue weighted by Gasteiger charge is 2.21. The van der Waals surface area contributed by atoms with E-state index < -0.39 is 0 Å². The van der Waals surface area contributed by atoms with Gasteiger partial charge in [-0.15, -0.1) is 0 Å². The Bertz CT molecular complexity index is 397. The first kappa shape index (κ1) is 18.1. The lowest BCUT2D eigenvalue weighted by molar-refractivity contribution is 0.0688. The summed E-state index contributed by atoms with van der Waals surface area (Å²) in [5.74, 6) is 0. The molecule has 0 saturated heterocycles. The van der Waals surface area contributed by atoms with Gasteiger partial charge in [-0.2, -0.15) is 5.10 Å². The third-order valence-corrected chi connectivity index (χ3v) is 3.25. The first-order valence-corrected chi connectivity index (χ1v) is 7.75. The molecule has 0 radical (unpaired) electrons. The molecule has 0 amide bonds. The lowest BCUT2D eigenvalue weighted by atomic mass is 9.89. The number of hydrogen-bond acceptors (Lipinski definition) is 4. The molecule has 122 valence electrons. The second kappa shape index (κ2) is 9.18. The highest BCUT2D eigenvalue weighted by Crippen LogP contribution is 2.23. The van der Waals surface area contributed by atoms with Crippen LogP contribution in [-0.2, 0) is 28.5 Å². The van der Waals surface area contributed by atoms with Crippen LogP contribution >= 0.6 is 0 Å². The third-order valence-electron chi connectivity index (χ3n) is 3.25. The first-order chi connectivity index (χ1) is 9.95. The molecule has 5 heteroatoms. The average molecular weight is 297 g/mol. The van der Waals surface area contributed by atoms with E-state index in [4.69, 9.17) is 9.47 Å². The Hall–Kier alpha value is -0.910. The van der Waals surface area contributed by atoms with Crippen LogP contribution in [-0.4, -0.2) is 43.3 Å². The molecule has 0 spiro atoms. The van der Waals surface area contributed by atoms with Crippen LogP contribution in [0, 0.1) is 0 Å². The minimum Gasteiger partial charge on any atom is -0.382 e. The fraction of sp³-hybridized carbons (Fsp3) is 0.812. The van der Waals surface area contributed by atoms with Crippen molar-refractivity contribution in [3.63, 3.8) is 0 Å². The van der Waals surface area contributed by atoms with Gasteiger partial charge in [0.1, 0.15) is 0 Å². The van der Waals surface area contributed by atoms with E-state index >= 15 is 0 Å². The Morgan fingerprint density at radius 2 is 1.95 bits per heavy atom. The zero-order valence-electron chi connectivity index (χ0n) is 14.2. The quantitative estimate of drug-likeness (QED) is 0.673. The zero-order valence-corrected chi connectivity index (χ0v) is 14.2. The monoisotopic (exact) mass is 297 g/mol. The zero-order chi connectivity index (χ0) is 15.7. The minimum absolute atomic E-state index is 0.0907. The summed E-state index contributed by atoms with van der Waals surface area (Å²) in [6.07, 6.45) is 4.31. The number of rotatable bonds is 10. The number of hydrogen-bond donors (Lipinski definition) is 1. The van der Waals surface area contributed by atoms with Crippen LogP contribution in [0.1, 0.15) is 44.9 Å². The predicted molar refractivity (Wildman–Crippen MR) is 85.5 cm³/mol. The molecule has 0 bridgehead atoms. The molecule has 0 unspecified atom stereocenters. The van der Waals surface area contributed by atoms with Gasteiger partial charge in [0.15, 0.2) is 0 Å². The molecule has 1 aromatic heterocycles. The van der Waals surface area contributed by atoms with E-state index in [0.29, 0.717) is 13.2 Å². The van der Waals surface area contributed by atoms with Crippen molar-refractivity contribution in [1.82, 2.24) is 15.1 Å². The van der Waals surface area contributed by atoms with Crippen molar-refractivity contribution in [3.8, 4) is 0 Å². The highest BCUT2D eigenvalue weighted by atomic mass is 16.5. The number of aryl methyl sites for hydroxylation is 1. The van der Waals surface area contributed by atoms with Crippen molar-refractivity contribution in [2.24, 2.45) is 7.05 Å². The van der Waals surface area contributed by atoms with Gasteiger partial charge in [0, 0.05) is 44.5 Å². The molecular formula is C16H31N3O2. The molecule has 0 aliphatic carbocycles. The van der Waals surface area contributed by atoms with Gasteiger partial charge in [-0.25, -0.2) is 0 Å². The Balaban J connectivity index is 2.19. The molecule has 5 nitrogen and oxygen atoms in total. The smallest absolute Gasteiger partial charge is 0.0722 e. The molecule has 0 aromatic carbocycles. The maximum atomic E-state index is 5.44. The summed E-state index contributed by atoms with van der Waals surface area (Å²) < 4.78 is 12.3. The number of aromatic nitrogens is 2. The summed E-state index contributed by atoms with van der Waals surface area (Å²) in [5.41, 5.74) is 2.56. The average Bonchev–Trinajstić information content (AvgIpc) is 2.78. The number of nitrogens with zero attached hydrogens (tertiary/aromatic N) is 2. The summed E-state index contributed by atoms with van der Waals surface area (Å²) >= 11 is 0. The molecular weight excluding hydrogens is 266 g/mol. The second-order valence-electron chi connectivity index (χ2n) is 6.42. The third kappa shape index (κ3) is 7.07. The topological polar surface area (TPSA) is 48.3 Å². The molecule has 0 fully saturated rings. The van der Waals surface area contributed by atoms with Gasteiger partial charge in [0.25, 0.3) is 0 Å². The van der Waals surface area contributed by atoms with E-state index in [1.54, 1.807) is 7.11 Å². The van der Waals surface area contributed by atoms with Gasteiger partial charge >= 0.3 is 0 Å². The van der Waals surface area contributed by atoms with Crippen LogP contribution in [0.3, 0.4) is 0 Å². The number of unbranched alkanes of at least 4 members (excludes halogenated alkanes) is 1. The van der Waals surface area contributed by atoms with Crippen molar-refractivity contribution >= 4 is 0 Å². The molecule has 0 saturated carbocycles. The van der Waals surface area contributed by atoms with Gasteiger partial charge in [-0.3, -0.25) is 4.68 Å². The van der Waals surface area contributed by atoms with Crippen molar-refractivity contribution in [2.75, 3.05) is 33.5 Å². The summed E-state index contributed by atoms with van der Waals surface area (Å²) in [4.78, 5) is 0. The SMILES string of the molecule is COCCOCCCCNCc1cn(C)nc1C(C)(C)C. The van der Waals surface area contributed by atoms with Crippen molar-refractivity contribution < 1.29 is 9.47 Å². The Labute approximate surface area is 129 Å². The molecule has 1 aromatic rings. The molecule has 0 atom stereocenters. The number of ether oxygens (including phenoxy) is 2. The maximum absolute atomic E-state index is 5.44. The Morgan fingerprint density at radius 3 is 2.62 bits per heavy atom. The fourth-order valence-corrected chi connectivity index (χ4v) is 2.22. The molecule has 21 heavy (non-hydrogen) atoms. The summed E-state index contributed by atoms with van der Waals surface area (Å²) in [6.45, 7) is 10.7. The van der Waals surface area contributed by atoms with Crippen molar-refractivity contribution in [1.29, 1.82) is 0 Å². The van der Waals surface area contributed by atoms with Crippen LogP contribution in [0.4, 0.5) is 0 Å². The van der Waals surface area contributed by atoms with Crippen LogP contribution in [0.15, 0.2) is 6.20 Å². The van der Waals surface area contributed by atoms with Crippen molar-refractivity contribution in [3.05, 3.63) is 17.5 Å². The number of nitrogens with one attached hydrogen (secondary N) is 1. The van der Waals surface area contributed by atoms with Crippen LogP contribution in [0.2, 0.25) is 0 Å². The first-order valence-electron chi connectivity index (χ1n) is 7.75. The van der Waals surface area contributed by atoms with Crippen LogP contribution < -0.4 is 5.32 Å². The highest BCUT2D eigenvalue weighted by molar-refractivity contribution is 5.23. The van der Waals surface area contributed by atoms with E-state index in [1.165, 1.54) is 11.3 Å².